The summed E-state index contributed by atoms with van der Waals surface area (Å²) in [6.07, 6.45) is 1.99. The number of benzene rings is 1. The zero-order chi connectivity index (χ0) is 16.8. The Morgan fingerprint density at radius 3 is 2.75 bits per heavy atom. The van der Waals surface area contributed by atoms with Gasteiger partial charge in [0.25, 0.3) is 0 Å². The van der Waals surface area contributed by atoms with Gasteiger partial charge >= 0.3 is 5.97 Å². The summed E-state index contributed by atoms with van der Waals surface area (Å²) in [6.45, 7) is 4.91. The number of carbonyl (C=O) groups excluding carboxylic acids is 1. The van der Waals surface area contributed by atoms with E-state index < -0.39 is 11.2 Å². The Balaban J connectivity index is 1.30. The van der Waals surface area contributed by atoms with Crippen molar-refractivity contribution in [3.8, 4) is 0 Å². The van der Waals surface area contributed by atoms with Gasteiger partial charge in [0.2, 0.25) is 0 Å². The fraction of sp³-hybridized carbons (Fsp3) is 0.632. The average molecular weight is 332 g/mol. The molecular formula is C19H24O5. The third-order valence-electron chi connectivity index (χ3n) is 5.33. The summed E-state index contributed by atoms with van der Waals surface area (Å²) in [7, 11) is 0. The van der Waals surface area contributed by atoms with E-state index in [-0.39, 0.29) is 24.3 Å². The van der Waals surface area contributed by atoms with Crippen molar-refractivity contribution in [2.24, 2.45) is 5.41 Å². The zero-order valence-electron chi connectivity index (χ0n) is 14.2. The highest BCUT2D eigenvalue weighted by Crippen LogP contribution is 2.51. The molecule has 3 aliphatic heterocycles. The SMILES string of the molecule is CC1(C)C(=O)O[C@H]2C[C@]3(CC[C@@H](COCc4ccccc4)O3)O[C@H]21. The average Bonchev–Trinajstić information content (AvgIpc) is 3.18. The molecule has 24 heavy (non-hydrogen) atoms. The number of esters is 1. The molecule has 0 saturated carbocycles. The quantitative estimate of drug-likeness (QED) is 0.794. The zero-order valence-corrected chi connectivity index (χ0v) is 14.2. The van der Waals surface area contributed by atoms with Crippen LogP contribution in [-0.4, -0.2) is 36.7 Å². The molecule has 3 saturated heterocycles. The fourth-order valence-corrected chi connectivity index (χ4v) is 3.93. The van der Waals surface area contributed by atoms with E-state index in [1.165, 1.54) is 0 Å². The molecule has 1 aromatic rings. The number of fused-ring (bicyclic) bond motifs is 1. The Hall–Kier alpha value is -1.43. The van der Waals surface area contributed by atoms with Gasteiger partial charge in [-0.25, -0.2) is 0 Å². The van der Waals surface area contributed by atoms with Gasteiger partial charge in [0.05, 0.1) is 24.7 Å². The second-order valence-electron chi connectivity index (χ2n) is 7.60. The van der Waals surface area contributed by atoms with Crippen molar-refractivity contribution in [2.45, 2.75) is 63.8 Å². The molecule has 3 heterocycles. The predicted octanol–water partition coefficient (Wildman–Crippen LogP) is 2.82. The lowest BCUT2D eigenvalue weighted by Crippen LogP contribution is -2.37. The third kappa shape index (κ3) is 2.75. The van der Waals surface area contributed by atoms with Crippen molar-refractivity contribution < 1.29 is 23.7 Å². The minimum atomic E-state index is -0.603. The lowest BCUT2D eigenvalue weighted by atomic mass is 9.87. The standard InChI is InChI=1S/C19H24O5/c1-18(2)16-15(22-17(18)20)10-19(24-16)9-8-14(23-19)12-21-11-13-6-4-3-5-7-13/h3-7,14-16H,8-12H2,1-2H3/t14-,15-,16+,19-/m0/s1. The van der Waals surface area contributed by atoms with Gasteiger partial charge in [-0.3, -0.25) is 4.79 Å². The van der Waals surface area contributed by atoms with E-state index in [4.69, 9.17) is 18.9 Å². The monoisotopic (exact) mass is 332 g/mol. The Kier molecular flexibility index (Phi) is 3.90. The molecule has 1 spiro atoms. The molecule has 0 amide bonds. The first-order valence-electron chi connectivity index (χ1n) is 8.67. The molecular weight excluding hydrogens is 308 g/mol. The van der Waals surface area contributed by atoms with Crippen LogP contribution < -0.4 is 0 Å². The summed E-state index contributed by atoms with van der Waals surface area (Å²) in [5, 5.41) is 0. The second-order valence-corrected chi connectivity index (χ2v) is 7.60. The molecule has 0 aliphatic carbocycles. The Morgan fingerprint density at radius 2 is 2.00 bits per heavy atom. The van der Waals surface area contributed by atoms with Crippen molar-refractivity contribution in [3.63, 3.8) is 0 Å². The minimum absolute atomic E-state index is 0.0337. The molecule has 4 atom stereocenters. The molecule has 0 aromatic heterocycles. The van der Waals surface area contributed by atoms with Gasteiger partial charge in [-0.1, -0.05) is 30.3 Å². The van der Waals surface area contributed by atoms with Crippen LogP contribution in [0.25, 0.3) is 0 Å². The second kappa shape index (κ2) is 5.83. The highest BCUT2D eigenvalue weighted by atomic mass is 16.7. The van der Waals surface area contributed by atoms with Crippen LogP contribution in [0.2, 0.25) is 0 Å². The number of hydrogen-bond donors (Lipinski definition) is 0. The van der Waals surface area contributed by atoms with Gasteiger partial charge in [-0.2, -0.15) is 0 Å². The molecule has 3 fully saturated rings. The molecule has 0 unspecified atom stereocenters. The normalized spacial score (nSPS) is 36.9. The van der Waals surface area contributed by atoms with Crippen molar-refractivity contribution >= 4 is 5.97 Å². The van der Waals surface area contributed by atoms with Gasteiger partial charge in [0.1, 0.15) is 12.2 Å². The highest BCUT2D eigenvalue weighted by molar-refractivity contribution is 5.79. The summed E-state index contributed by atoms with van der Waals surface area (Å²) in [6, 6.07) is 10.1. The largest absolute Gasteiger partial charge is 0.459 e. The molecule has 0 N–H and O–H groups in total. The first kappa shape index (κ1) is 16.1. The van der Waals surface area contributed by atoms with Gasteiger partial charge < -0.3 is 18.9 Å². The van der Waals surface area contributed by atoms with Crippen molar-refractivity contribution in [1.82, 2.24) is 0 Å². The summed E-state index contributed by atoms with van der Waals surface area (Å²) in [5.74, 6) is -0.776. The van der Waals surface area contributed by atoms with Crippen LogP contribution in [0.15, 0.2) is 30.3 Å². The molecule has 0 bridgehead atoms. The van der Waals surface area contributed by atoms with E-state index in [1.54, 1.807) is 0 Å². The number of carbonyl (C=O) groups is 1. The minimum Gasteiger partial charge on any atom is -0.459 e. The van der Waals surface area contributed by atoms with Crippen LogP contribution in [-0.2, 0) is 30.3 Å². The predicted molar refractivity (Wildman–Crippen MR) is 86.1 cm³/mol. The maximum Gasteiger partial charge on any atom is 0.314 e. The van der Waals surface area contributed by atoms with Crippen LogP contribution >= 0.6 is 0 Å². The lowest BCUT2D eigenvalue weighted by molar-refractivity contribution is -0.233. The third-order valence-corrected chi connectivity index (χ3v) is 5.33. The van der Waals surface area contributed by atoms with Gasteiger partial charge in [-0.15, -0.1) is 0 Å². The first-order chi connectivity index (χ1) is 11.5. The van der Waals surface area contributed by atoms with Gasteiger partial charge in [0, 0.05) is 12.8 Å². The van der Waals surface area contributed by atoms with E-state index >= 15 is 0 Å². The summed E-state index contributed by atoms with van der Waals surface area (Å²) in [5.41, 5.74) is 0.560. The Labute approximate surface area is 142 Å². The number of ether oxygens (including phenoxy) is 4. The van der Waals surface area contributed by atoms with Crippen molar-refractivity contribution in [3.05, 3.63) is 35.9 Å². The maximum atomic E-state index is 11.9. The van der Waals surface area contributed by atoms with Crippen LogP contribution in [0.1, 0.15) is 38.7 Å². The molecule has 1 aromatic carbocycles. The van der Waals surface area contributed by atoms with Crippen LogP contribution in [0.4, 0.5) is 0 Å². The van der Waals surface area contributed by atoms with Crippen LogP contribution in [0.3, 0.4) is 0 Å². The van der Waals surface area contributed by atoms with Crippen molar-refractivity contribution in [1.29, 1.82) is 0 Å². The fourth-order valence-electron chi connectivity index (χ4n) is 3.93. The molecule has 130 valence electrons. The molecule has 3 aliphatic rings. The Bertz CT molecular complexity index is 613. The van der Waals surface area contributed by atoms with E-state index in [1.807, 2.05) is 32.0 Å². The lowest BCUT2D eigenvalue weighted by Gasteiger charge is -2.28. The molecule has 5 heteroatoms. The molecule has 5 nitrogen and oxygen atoms in total. The molecule has 4 rings (SSSR count). The van der Waals surface area contributed by atoms with Crippen LogP contribution in [0, 0.1) is 5.41 Å². The maximum absolute atomic E-state index is 11.9. The number of rotatable bonds is 4. The molecule has 0 radical (unpaired) electrons. The topological polar surface area (TPSA) is 54.0 Å². The summed E-state index contributed by atoms with van der Waals surface area (Å²) < 4.78 is 23.6. The van der Waals surface area contributed by atoms with E-state index in [0.29, 0.717) is 19.6 Å². The van der Waals surface area contributed by atoms with Gasteiger partial charge in [-0.05, 0) is 25.8 Å². The van der Waals surface area contributed by atoms with Crippen LogP contribution in [0.5, 0.6) is 0 Å². The van der Waals surface area contributed by atoms with Gasteiger partial charge in [0.15, 0.2) is 5.79 Å². The highest BCUT2D eigenvalue weighted by Gasteiger charge is 2.63. The smallest absolute Gasteiger partial charge is 0.314 e. The Morgan fingerprint density at radius 1 is 1.21 bits per heavy atom. The van der Waals surface area contributed by atoms with E-state index in [2.05, 4.69) is 12.1 Å². The van der Waals surface area contributed by atoms with E-state index in [0.717, 1.165) is 18.4 Å². The summed E-state index contributed by atoms with van der Waals surface area (Å²) in [4.78, 5) is 11.9. The van der Waals surface area contributed by atoms with E-state index in [9.17, 15) is 4.79 Å². The van der Waals surface area contributed by atoms with Crippen molar-refractivity contribution in [2.75, 3.05) is 6.61 Å². The number of hydrogen-bond acceptors (Lipinski definition) is 5. The first-order valence-corrected chi connectivity index (χ1v) is 8.67. The summed E-state index contributed by atoms with van der Waals surface area (Å²) >= 11 is 0.